The van der Waals surface area contributed by atoms with Gasteiger partial charge in [-0.05, 0) is 19.3 Å². The molecule has 0 radical (unpaired) electrons. The van der Waals surface area contributed by atoms with E-state index in [0.29, 0.717) is 18.1 Å². The van der Waals surface area contributed by atoms with Crippen molar-refractivity contribution in [2.45, 2.75) is 88.1 Å². The Hall–Kier alpha value is -1.44. The molecule has 0 bridgehead atoms. The number of thioether (sulfide) groups is 1. The summed E-state index contributed by atoms with van der Waals surface area (Å²) in [6.07, 6.45) is 7.48. The number of nitrogens with one attached hydrogen (secondary N) is 3. The number of unbranched alkanes of at least 4 members (excludes halogenated alkanes) is 4. The smallest absolute Gasteiger partial charge is 0.326 e. The van der Waals surface area contributed by atoms with E-state index in [9.17, 15) is 19.5 Å². The summed E-state index contributed by atoms with van der Waals surface area (Å²) in [5.74, 6) is -0.194. The number of rotatable bonds is 12. The summed E-state index contributed by atoms with van der Waals surface area (Å²) < 4.78 is 0. The number of carbonyl (C=O) groups is 3. The van der Waals surface area contributed by atoms with Gasteiger partial charge in [-0.25, -0.2) is 9.59 Å². The van der Waals surface area contributed by atoms with Gasteiger partial charge in [0.1, 0.15) is 6.04 Å². The summed E-state index contributed by atoms with van der Waals surface area (Å²) in [6, 6.07) is -0.431. The monoisotopic (exact) mass is 385 g/mol. The minimum absolute atomic E-state index is 0.0803. The van der Waals surface area contributed by atoms with E-state index in [1.165, 1.54) is 0 Å². The van der Waals surface area contributed by atoms with Gasteiger partial charge in [-0.3, -0.25) is 4.79 Å². The van der Waals surface area contributed by atoms with Crippen molar-refractivity contribution in [1.29, 1.82) is 0 Å². The molecule has 2 aliphatic rings. The number of carbonyl (C=O) groups excluding carboxylic acids is 2. The molecule has 2 rings (SSSR count). The normalized spacial score (nSPS) is 25.3. The molecule has 0 saturated carbocycles. The first-order chi connectivity index (χ1) is 12.5. The van der Waals surface area contributed by atoms with E-state index >= 15 is 0 Å². The van der Waals surface area contributed by atoms with Crippen LogP contribution in [0.5, 0.6) is 0 Å². The molecule has 4 N–H and O–H groups in total. The van der Waals surface area contributed by atoms with Crippen LogP contribution in [0.1, 0.15) is 64.7 Å². The summed E-state index contributed by atoms with van der Waals surface area (Å²) >= 11 is 1.87. The topological polar surface area (TPSA) is 108 Å². The molecule has 2 fully saturated rings. The lowest BCUT2D eigenvalue weighted by atomic mass is 10.0. The van der Waals surface area contributed by atoms with Crippen LogP contribution in [0.2, 0.25) is 0 Å². The summed E-state index contributed by atoms with van der Waals surface area (Å²) in [7, 11) is 0. The Kier molecular flexibility index (Phi) is 8.54. The predicted octanol–water partition coefficient (Wildman–Crippen LogP) is 2.25. The fourth-order valence-electron chi connectivity index (χ4n) is 3.57. The summed E-state index contributed by atoms with van der Waals surface area (Å²) in [4.78, 5) is 34.7. The predicted molar refractivity (Wildman–Crippen MR) is 102 cm³/mol. The first kappa shape index (κ1) is 20.9. The van der Waals surface area contributed by atoms with E-state index in [2.05, 4.69) is 22.9 Å². The lowest BCUT2D eigenvalue weighted by Crippen LogP contribution is -2.40. The van der Waals surface area contributed by atoms with Crippen molar-refractivity contribution in [2.75, 3.05) is 5.75 Å². The highest BCUT2D eigenvalue weighted by molar-refractivity contribution is 8.00. The van der Waals surface area contributed by atoms with Crippen molar-refractivity contribution in [3.05, 3.63) is 0 Å². The van der Waals surface area contributed by atoms with E-state index in [1.807, 2.05) is 11.8 Å². The van der Waals surface area contributed by atoms with Crippen LogP contribution in [0, 0.1) is 0 Å². The molecule has 148 valence electrons. The standard InChI is InChI=1S/C18H31N3O4S/c1-2-3-4-5-8-12(17(23)24)19-15(22)10-7-6-9-14-16-13(11-26-14)20-18(25)21-16/h12-14,16H,2-11H2,1H3,(H,19,22)(H,23,24)(H2,20,21,25)/t12-,13+,14+,16+/m1/s1. The number of fused-ring (bicyclic) bond motifs is 1. The van der Waals surface area contributed by atoms with Crippen LogP contribution in [-0.2, 0) is 9.59 Å². The van der Waals surface area contributed by atoms with Gasteiger partial charge in [-0.15, -0.1) is 0 Å². The first-order valence-electron chi connectivity index (χ1n) is 9.72. The largest absolute Gasteiger partial charge is 0.480 e. The van der Waals surface area contributed by atoms with E-state index in [-0.39, 0.29) is 24.0 Å². The van der Waals surface area contributed by atoms with Crippen LogP contribution in [0.15, 0.2) is 0 Å². The molecular weight excluding hydrogens is 354 g/mol. The highest BCUT2D eigenvalue weighted by atomic mass is 32.2. The molecule has 3 amide bonds. The molecule has 0 aromatic heterocycles. The van der Waals surface area contributed by atoms with Gasteiger partial charge in [-0.1, -0.05) is 39.0 Å². The maximum Gasteiger partial charge on any atom is 0.326 e. The molecule has 2 aliphatic heterocycles. The zero-order chi connectivity index (χ0) is 18.9. The van der Waals surface area contributed by atoms with Crippen molar-refractivity contribution >= 4 is 29.7 Å². The molecule has 2 saturated heterocycles. The number of carboxylic acid groups (broad SMARTS) is 1. The van der Waals surface area contributed by atoms with E-state index < -0.39 is 12.0 Å². The Balaban J connectivity index is 1.60. The van der Waals surface area contributed by atoms with Crippen molar-refractivity contribution in [1.82, 2.24) is 16.0 Å². The van der Waals surface area contributed by atoms with Crippen molar-refractivity contribution in [2.24, 2.45) is 0 Å². The fraction of sp³-hybridized carbons (Fsp3) is 0.833. The number of aliphatic carboxylic acids is 1. The zero-order valence-corrected chi connectivity index (χ0v) is 16.3. The highest BCUT2D eigenvalue weighted by Crippen LogP contribution is 2.33. The fourth-order valence-corrected chi connectivity index (χ4v) is 5.12. The molecule has 7 nitrogen and oxygen atoms in total. The van der Waals surface area contributed by atoms with E-state index in [1.54, 1.807) is 0 Å². The second kappa shape index (κ2) is 10.6. The molecule has 0 spiro atoms. The average molecular weight is 386 g/mol. The maximum absolute atomic E-state index is 12.0. The van der Waals surface area contributed by atoms with Gasteiger partial charge in [0, 0.05) is 17.4 Å². The Morgan fingerprint density at radius 3 is 2.77 bits per heavy atom. The molecule has 2 heterocycles. The molecule has 8 heteroatoms. The van der Waals surface area contributed by atoms with Crippen LogP contribution >= 0.6 is 11.8 Å². The van der Waals surface area contributed by atoms with Crippen molar-refractivity contribution < 1.29 is 19.5 Å². The van der Waals surface area contributed by atoms with Crippen molar-refractivity contribution in [3.8, 4) is 0 Å². The summed E-state index contributed by atoms with van der Waals surface area (Å²) in [6.45, 7) is 2.11. The second-order valence-corrected chi connectivity index (χ2v) is 8.45. The zero-order valence-electron chi connectivity index (χ0n) is 15.5. The Morgan fingerprint density at radius 1 is 1.23 bits per heavy atom. The summed E-state index contributed by atoms with van der Waals surface area (Å²) in [5.41, 5.74) is 0. The SMILES string of the molecule is CCCCCC[C@@H](NC(=O)CCCC[C@@H]1SC[C@@H]2NC(=O)N[C@@H]21)C(=O)O. The van der Waals surface area contributed by atoms with Gasteiger partial charge >= 0.3 is 12.0 Å². The Morgan fingerprint density at radius 2 is 2.04 bits per heavy atom. The van der Waals surface area contributed by atoms with Gasteiger partial charge in [0.15, 0.2) is 0 Å². The molecule has 0 unspecified atom stereocenters. The summed E-state index contributed by atoms with van der Waals surface area (Å²) in [5, 5.41) is 18.2. The highest BCUT2D eigenvalue weighted by Gasteiger charge is 2.42. The average Bonchev–Trinajstić information content (AvgIpc) is 3.13. The van der Waals surface area contributed by atoms with Crippen LogP contribution in [-0.4, -0.2) is 52.1 Å². The number of urea groups is 1. The number of carboxylic acids is 1. The molecule has 0 aliphatic carbocycles. The van der Waals surface area contributed by atoms with E-state index in [0.717, 1.165) is 50.7 Å². The molecule has 0 aromatic carbocycles. The lowest BCUT2D eigenvalue weighted by Gasteiger charge is -2.17. The molecule has 0 aromatic rings. The molecule has 4 atom stereocenters. The van der Waals surface area contributed by atoms with Gasteiger partial charge in [0.25, 0.3) is 0 Å². The minimum atomic E-state index is -0.951. The quantitative estimate of drug-likeness (QED) is 0.304. The third-order valence-electron chi connectivity index (χ3n) is 5.06. The lowest BCUT2D eigenvalue weighted by molar-refractivity contribution is -0.142. The van der Waals surface area contributed by atoms with Crippen LogP contribution in [0.25, 0.3) is 0 Å². The van der Waals surface area contributed by atoms with Crippen LogP contribution < -0.4 is 16.0 Å². The van der Waals surface area contributed by atoms with Gasteiger partial charge < -0.3 is 21.1 Å². The first-order valence-corrected chi connectivity index (χ1v) is 10.8. The number of hydrogen-bond donors (Lipinski definition) is 4. The second-order valence-electron chi connectivity index (χ2n) is 7.18. The van der Waals surface area contributed by atoms with Crippen molar-refractivity contribution in [3.63, 3.8) is 0 Å². The third-order valence-corrected chi connectivity index (χ3v) is 6.57. The maximum atomic E-state index is 12.0. The van der Waals surface area contributed by atoms with Crippen LogP contribution in [0.3, 0.4) is 0 Å². The Labute approximate surface area is 159 Å². The number of hydrogen-bond acceptors (Lipinski definition) is 4. The van der Waals surface area contributed by atoms with Gasteiger partial charge in [0.05, 0.1) is 12.1 Å². The van der Waals surface area contributed by atoms with Crippen LogP contribution in [0.4, 0.5) is 4.79 Å². The molecule has 26 heavy (non-hydrogen) atoms. The third kappa shape index (κ3) is 6.37. The number of amides is 3. The minimum Gasteiger partial charge on any atom is -0.480 e. The Bertz CT molecular complexity index is 503. The van der Waals surface area contributed by atoms with E-state index in [4.69, 9.17) is 0 Å². The van der Waals surface area contributed by atoms with Gasteiger partial charge in [-0.2, -0.15) is 11.8 Å². The molecular formula is C18H31N3O4S. The van der Waals surface area contributed by atoms with Gasteiger partial charge in [0.2, 0.25) is 5.91 Å².